The third kappa shape index (κ3) is 4.18. The fourth-order valence-electron chi connectivity index (χ4n) is 2.41. The van der Waals surface area contributed by atoms with Crippen LogP contribution in [0.25, 0.3) is 0 Å². The molecule has 0 atom stereocenters. The predicted octanol–water partition coefficient (Wildman–Crippen LogP) is 2.97. The van der Waals surface area contributed by atoms with E-state index in [-0.39, 0.29) is 11.7 Å². The number of likely N-dealkylation sites (tertiary alicyclic amines) is 1. The van der Waals surface area contributed by atoms with E-state index in [1.807, 2.05) is 4.90 Å². The van der Waals surface area contributed by atoms with Crippen molar-refractivity contribution in [2.75, 3.05) is 19.6 Å². The van der Waals surface area contributed by atoms with E-state index in [9.17, 15) is 9.18 Å². The number of carbonyl (C=O) groups is 1. The highest BCUT2D eigenvalue weighted by Crippen LogP contribution is 2.18. The fourth-order valence-corrected chi connectivity index (χ4v) is 2.64. The summed E-state index contributed by atoms with van der Waals surface area (Å²) in [5.41, 5.74) is 0.458. The minimum absolute atomic E-state index is 0.178. The highest BCUT2D eigenvalue weighted by Gasteiger charge is 2.15. The number of benzene rings is 1. The Bertz CT molecular complexity index is 441. The number of nitrogens with zero attached hydrogens (tertiary/aromatic N) is 1. The lowest BCUT2D eigenvalue weighted by atomic mass is 10.1. The lowest BCUT2D eigenvalue weighted by molar-refractivity contribution is -0.131. The molecule has 1 saturated heterocycles. The van der Waals surface area contributed by atoms with Crippen molar-refractivity contribution in [2.24, 2.45) is 0 Å². The molecule has 0 saturated carbocycles. The molecule has 0 unspecified atom stereocenters. The van der Waals surface area contributed by atoms with Gasteiger partial charge >= 0.3 is 0 Å². The first kappa shape index (κ1) is 15.3. The van der Waals surface area contributed by atoms with E-state index in [0.717, 1.165) is 25.9 Å². The molecule has 20 heavy (non-hydrogen) atoms. The maximum Gasteiger partial charge on any atom is 0.223 e. The number of amides is 1. The van der Waals surface area contributed by atoms with Gasteiger partial charge in [-0.05, 0) is 31.4 Å². The summed E-state index contributed by atoms with van der Waals surface area (Å²) >= 11 is 5.94. The first-order valence-corrected chi connectivity index (χ1v) is 7.47. The Morgan fingerprint density at radius 2 is 2.05 bits per heavy atom. The predicted molar refractivity (Wildman–Crippen MR) is 78.2 cm³/mol. The average Bonchev–Trinajstić information content (AvgIpc) is 2.46. The van der Waals surface area contributed by atoms with Crippen LogP contribution in [0.2, 0.25) is 5.02 Å². The van der Waals surface area contributed by atoms with Crippen LogP contribution in [0.5, 0.6) is 0 Å². The highest BCUT2D eigenvalue weighted by atomic mass is 35.5. The zero-order valence-electron chi connectivity index (χ0n) is 11.5. The topological polar surface area (TPSA) is 32.3 Å². The maximum atomic E-state index is 13.5. The summed E-state index contributed by atoms with van der Waals surface area (Å²) < 4.78 is 13.5. The van der Waals surface area contributed by atoms with Crippen molar-refractivity contribution in [3.8, 4) is 0 Å². The van der Waals surface area contributed by atoms with Gasteiger partial charge in [-0.3, -0.25) is 4.79 Å². The first-order valence-electron chi connectivity index (χ1n) is 7.10. The molecule has 1 fully saturated rings. The molecule has 1 aliphatic heterocycles. The van der Waals surface area contributed by atoms with Crippen LogP contribution in [0.4, 0.5) is 4.39 Å². The van der Waals surface area contributed by atoms with Gasteiger partial charge in [0.25, 0.3) is 0 Å². The summed E-state index contributed by atoms with van der Waals surface area (Å²) in [7, 11) is 0. The molecular formula is C15H20ClFN2O. The average molecular weight is 299 g/mol. The summed E-state index contributed by atoms with van der Waals surface area (Å²) in [4.78, 5) is 13.8. The minimum Gasteiger partial charge on any atom is -0.343 e. The van der Waals surface area contributed by atoms with Gasteiger partial charge < -0.3 is 10.2 Å². The van der Waals surface area contributed by atoms with Gasteiger partial charge in [0.15, 0.2) is 0 Å². The van der Waals surface area contributed by atoms with Gasteiger partial charge in [0.05, 0.1) is 0 Å². The molecule has 5 heteroatoms. The summed E-state index contributed by atoms with van der Waals surface area (Å²) in [6.45, 7) is 2.63. The van der Waals surface area contributed by atoms with Gasteiger partial charge in [-0.1, -0.05) is 17.7 Å². The summed E-state index contributed by atoms with van der Waals surface area (Å²) in [5.74, 6) is -0.135. The Kier molecular flexibility index (Phi) is 5.80. The van der Waals surface area contributed by atoms with E-state index < -0.39 is 0 Å². The van der Waals surface area contributed by atoms with Crippen molar-refractivity contribution in [1.29, 1.82) is 0 Å². The number of piperidine rings is 1. The zero-order valence-corrected chi connectivity index (χ0v) is 12.3. The first-order chi connectivity index (χ1) is 9.68. The zero-order chi connectivity index (χ0) is 14.4. The smallest absolute Gasteiger partial charge is 0.223 e. The van der Waals surface area contributed by atoms with Crippen LogP contribution >= 0.6 is 11.6 Å². The van der Waals surface area contributed by atoms with Crippen LogP contribution in [0.15, 0.2) is 18.2 Å². The van der Waals surface area contributed by atoms with E-state index in [1.54, 1.807) is 12.1 Å². The van der Waals surface area contributed by atoms with Crippen LogP contribution in [-0.2, 0) is 11.3 Å². The normalized spacial score (nSPS) is 15.4. The third-order valence-corrected chi connectivity index (χ3v) is 3.94. The molecule has 0 aromatic heterocycles. The molecule has 3 nitrogen and oxygen atoms in total. The molecule has 0 radical (unpaired) electrons. The molecule has 1 amide bonds. The third-order valence-electron chi connectivity index (χ3n) is 3.59. The van der Waals surface area contributed by atoms with Crippen LogP contribution < -0.4 is 5.32 Å². The number of hydrogen-bond donors (Lipinski definition) is 1. The molecule has 1 heterocycles. The largest absolute Gasteiger partial charge is 0.343 e. The SMILES string of the molecule is O=C(CCNCc1c(F)cccc1Cl)N1CCCCC1. The Hall–Kier alpha value is -1.13. The van der Waals surface area contributed by atoms with E-state index in [4.69, 9.17) is 11.6 Å². The Labute approximate surface area is 124 Å². The minimum atomic E-state index is -0.313. The molecule has 110 valence electrons. The van der Waals surface area contributed by atoms with Crippen LogP contribution in [0.1, 0.15) is 31.2 Å². The molecule has 1 N–H and O–H groups in total. The lowest BCUT2D eigenvalue weighted by Crippen LogP contribution is -2.37. The van der Waals surface area contributed by atoms with Crippen molar-refractivity contribution in [2.45, 2.75) is 32.2 Å². The number of nitrogens with one attached hydrogen (secondary N) is 1. The highest BCUT2D eigenvalue weighted by molar-refractivity contribution is 6.31. The van der Waals surface area contributed by atoms with Gasteiger partial charge in [-0.15, -0.1) is 0 Å². The quantitative estimate of drug-likeness (QED) is 0.848. The van der Waals surface area contributed by atoms with E-state index >= 15 is 0 Å². The molecule has 0 bridgehead atoms. The molecule has 1 aromatic carbocycles. The summed E-state index contributed by atoms with van der Waals surface area (Å²) in [5, 5.41) is 3.50. The van der Waals surface area contributed by atoms with Crippen molar-refractivity contribution in [3.05, 3.63) is 34.6 Å². The van der Waals surface area contributed by atoms with Gasteiger partial charge in [-0.25, -0.2) is 4.39 Å². The molecule has 2 rings (SSSR count). The van der Waals surface area contributed by atoms with Gasteiger partial charge in [0, 0.05) is 43.2 Å². The Morgan fingerprint density at radius 1 is 1.30 bits per heavy atom. The Balaban J connectivity index is 1.72. The molecule has 0 aliphatic carbocycles. The molecular weight excluding hydrogens is 279 g/mol. The van der Waals surface area contributed by atoms with Crippen LogP contribution in [0.3, 0.4) is 0 Å². The number of halogens is 2. The Morgan fingerprint density at radius 3 is 2.75 bits per heavy atom. The number of rotatable bonds is 5. The van der Waals surface area contributed by atoms with Crippen molar-refractivity contribution in [3.63, 3.8) is 0 Å². The fraction of sp³-hybridized carbons (Fsp3) is 0.533. The molecule has 0 spiro atoms. The van der Waals surface area contributed by atoms with E-state index in [2.05, 4.69) is 5.32 Å². The van der Waals surface area contributed by atoms with Gasteiger partial charge in [0.2, 0.25) is 5.91 Å². The van der Waals surface area contributed by atoms with E-state index in [1.165, 1.54) is 12.5 Å². The maximum absolute atomic E-state index is 13.5. The van der Waals surface area contributed by atoms with Gasteiger partial charge in [-0.2, -0.15) is 0 Å². The van der Waals surface area contributed by atoms with Crippen molar-refractivity contribution >= 4 is 17.5 Å². The lowest BCUT2D eigenvalue weighted by Gasteiger charge is -2.26. The number of carbonyl (C=O) groups excluding carboxylic acids is 1. The monoisotopic (exact) mass is 298 g/mol. The van der Waals surface area contributed by atoms with Crippen molar-refractivity contribution in [1.82, 2.24) is 10.2 Å². The van der Waals surface area contributed by atoms with Crippen molar-refractivity contribution < 1.29 is 9.18 Å². The second-order valence-corrected chi connectivity index (χ2v) is 5.48. The van der Waals surface area contributed by atoms with Crippen LogP contribution in [-0.4, -0.2) is 30.4 Å². The molecule has 1 aliphatic rings. The van der Waals surface area contributed by atoms with E-state index in [0.29, 0.717) is 30.1 Å². The standard InChI is InChI=1S/C15H20ClFN2O/c16-13-5-4-6-14(17)12(13)11-18-8-7-15(20)19-9-2-1-3-10-19/h4-6,18H,1-3,7-11H2. The second kappa shape index (κ2) is 7.60. The van der Waals surface area contributed by atoms with Gasteiger partial charge in [0.1, 0.15) is 5.82 Å². The number of hydrogen-bond acceptors (Lipinski definition) is 2. The second-order valence-electron chi connectivity index (χ2n) is 5.07. The van der Waals surface area contributed by atoms with Crippen LogP contribution in [0, 0.1) is 5.82 Å². The summed E-state index contributed by atoms with van der Waals surface area (Å²) in [6.07, 6.45) is 3.87. The summed E-state index contributed by atoms with van der Waals surface area (Å²) in [6, 6.07) is 4.64. The molecule has 1 aromatic rings.